The molecule has 0 aliphatic carbocycles. The van der Waals surface area contributed by atoms with Gasteiger partial charge in [0.05, 0.1) is 17.0 Å². The van der Waals surface area contributed by atoms with E-state index in [9.17, 15) is 14.0 Å². The van der Waals surface area contributed by atoms with Crippen LogP contribution >= 0.6 is 0 Å². The molecule has 0 spiro atoms. The maximum Gasteiger partial charge on any atom is 0.158 e. The molecule has 4 rings (SSSR count). The van der Waals surface area contributed by atoms with Gasteiger partial charge in [-0.2, -0.15) is 10.4 Å². The zero-order chi connectivity index (χ0) is 17.4. The summed E-state index contributed by atoms with van der Waals surface area (Å²) in [5, 5.41) is 18.2. The highest BCUT2D eigenvalue weighted by Crippen LogP contribution is 2.38. The number of para-hydroxylation sites is 1. The lowest BCUT2D eigenvalue weighted by molar-refractivity contribution is 0.397. The minimum Gasteiger partial charge on any atom is -0.355 e. The quantitative estimate of drug-likeness (QED) is 0.771. The second kappa shape index (κ2) is 5.85. The third-order valence-corrected chi connectivity index (χ3v) is 5.03. The second-order valence-corrected chi connectivity index (χ2v) is 6.40. The first-order chi connectivity index (χ1) is 12.1. The zero-order valence-corrected chi connectivity index (χ0v) is 13.5. The number of nitrogens with zero attached hydrogens (tertiary/aromatic N) is 3. The molecular formula is C19H16F2N4. The molecule has 1 aliphatic heterocycles. The molecule has 1 aromatic heterocycles. The van der Waals surface area contributed by atoms with Crippen LogP contribution in [0.25, 0.3) is 10.9 Å². The predicted octanol–water partition coefficient (Wildman–Crippen LogP) is 3.90. The number of aromatic nitrogens is 2. The normalized spacial score (nSPS) is 16.8. The van der Waals surface area contributed by atoms with Crippen LogP contribution in [0.15, 0.2) is 42.5 Å². The number of H-pyrrole nitrogens is 1. The smallest absolute Gasteiger partial charge is 0.158 e. The summed E-state index contributed by atoms with van der Waals surface area (Å²) in [5.41, 5.74) is 0.308. The Balaban J connectivity index is 1.62. The highest BCUT2D eigenvalue weighted by Gasteiger charge is 2.39. The molecular weight excluding hydrogens is 322 g/mol. The number of piperidine rings is 1. The Labute approximate surface area is 143 Å². The summed E-state index contributed by atoms with van der Waals surface area (Å²) in [6.07, 6.45) is 0.931. The van der Waals surface area contributed by atoms with Crippen molar-refractivity contribution in [1.82, 2.24) is 10.2 Å². The van der Waals surface area contributed by atoms with Crippen molar-refractivity contribution in [2.75, 3.05) is 18.0 Å². The van der Waals surface area contributed by atoms with E-state index < -0.39 is 17.0 Å². The van der Waals surface area contributed by atoms with Crippen molar-refractivity contribution in [3.05, 3.63) is 59.7 Å². The molecule has 0 bridgehead atoms. The van der Waals surface area contributed by atoms with Gasteiger partial charge < -0.3 is 4.90 Å². The van der Waals surface area contributed by atoms with Gasteiger partial charge in [-0.3, -0.25) is 5.10 Å². The number of halogens is 2. The number of rotatable bonds is 2. The van der Waals surface area contributed by atoms with Crippen LogP contribution in [0.1, 0.15) is 18.4 Å². The van der Waals surface area contributed by atoms with Gasteiger partial charge in [0, 0.05) is 30.1 Å². The molecule has 1 saturated heterocycles. The van der Waals surface area contributed by atoms with E-state index in [1.807, 2.05) is 24.3 Å². The fourth-order valence-corrected chi connectivity index (χ4v) is 3.61. The minimum absolute atomic E-state index is 0.280. The van der Waals surface area contributed by atoms with Crippen molar-refractivity contribution in [3.63, 3.8) is 0 Å². The molecule has 0 atom stereocenters. The van der Waals surface area contributed by atoms with Crippen LogP contribution in [-0.2, 0) is 5.41 Å². The second-order valence-electron chi connectivity index (χ2n) is 6.40. The van der Waals surface area contributed by atoms with E-state index in [1.165, 1.54) is 12.1 Å². The Kier molecular flexibility index (Phi) is 3.65. The summed E-state index contributed by atoms with van der Waals surface area (Å²) in [6.45, 7) is 1.17. The summed E-state index contributed by atoms with van der Waals surface area (Å²) in [6, 6.07) is 13.6. The standard InChI is InChI=1S/C19H16F2N4/c20-13-5-6-15(16(21)11-13)19(12-22)7-9-25(10-8-19)18-14-3-1-2-4-17(14)23-24-18/h1-6,11H,7-10H2,(H,23,24). The van der Waals surface area contributed by atoms with Crippen LogP contribution in [0.3, 0.4) is 0 Å². The van der Waals surface area contributed by atoms with Crippen molar-refractivity contribution < 1.29 is 8.78 Å². The van der Waals surface area contributed by atoms with Gasteiger partial charge >= 0.3 is 0 Å². The Morgan fingerprint density at radius 1 is 1.12 bits per heavy atom. The SMILES string of the molecule is N#CC1(c2ccc(F)cc2F)CCN(c2n[nH]c3ccccc23)CC1. The van der Waals surface area contributed by atoms with Crippen molar-refractivity contribution in [3.8, 4) is 6.07 Å². The van der Waals surface area contributed by atoms with Crippen LogP contribution in [0.5, 0.6) is 0 Å². The maximum atomic E-state index is 14.2. The van der Waals surface area contributed by atoms with E-state index in [0.29, 0.717) is 25.9 Å². The van der Waals surface area contributed by atoms with Crippen LogP contribution in [0.4, 0.5) is 14.6 Å². The molecule has 2 heterocycles. The third-order valence-electron chi connectivity index (χ3n) is 5.03. The predicted molar refractivity (Wildman–Crippen MR) is 91.2 cm³/mol. The summed E-state index contributed by atoms with van der Waals surface area (Å²) < 4.78 is 27.4. The van der Waals surface area contributed by atoms with Gasteiger partial charge in [0.25, 0.3) is 0 Å². The molecule has 1 fully saturated rings. The summed E-state index contributed by atoms with van der Waals surface area (Å²) in [4.78, 5) is 2.11. The van der Waals surface area contributed by atoms with Crippen molar-refractivity contribution >= 4 is 16.7 Å². The van der Waals surface area contributed by atoms with Crippen LogP contribution in [0, 0.1) is 23.0 Å². The number of nitrogens with one attached hydrogen (secondary N) is 1. The van der Waals surface area contributed by atoms with Gasteiger partial charge in [0.1, 0.15) is 11.6 Å². The van der Waals surface area contributed by atoms with Crippen molar-refractivity contribution in [2.45, 2.75) is 18.3 Å². The first-order valence-corrected chi connectivity index (χ1v) is 8.18. The van der Waals surface area contributed by atoms with Gasteiger partial charge in [-0.15, -0.1) is 0 Å². The topological polar surface area (TPSA) is 55.7 Å². The monoisotopic (exact) mass is 338 g/mol. The molecule has 6 heteroatoms. The summed E-state index contributed by atoms with van der Waals surface area (Å²) in [5.74, 6) is -0.434. The number of fused-ring (bicyclic) bond motifs is 1. The van der Waals surface area contributed by atoms with Crippen LogP contribution in [-0.4, -0.2) is 23.3 Å². The highest BCUT2D eigenvalue weighted by atomic mass is 19.1. The number of nitriles is 1. The van der Waals surface area contributed by atoms with E-state index in [2.05, 4.69) is 21.2 Å². The summed E-state index contributed by atoms with van der Waals surface area (Å²) >= 11 is 0. The Hall–Kier alpha value is -2.94. The first kappa shape index (κ1) is 15.6. The molecule has 126 valence electrons. The lowest BCUT2D eigenvalue weighted by Crippen LogP contribution is -2.42. The fraction of sp³-hybridized carbons (Fsp3) is 0.263. The van der Waals surface area contributed by atoms with Gasteiger partial charge in [-0.1, -0.05) is 18.2 Å². The van der Waals surface area contributed by atoms with Gasteiger partial charge in [0.15, 0.2) is 5.82 Å². The molecule has 1 N–H and O–H groups in total. The van der Waals surface area contributed by atoms with E-state index in [4.69, 9.17) is 0 Å². The number of hydrogen-bond acceptors (Lipinski definition) is 3. The lowest BCUT2D eigenvalue weighted by atomic mass is 9.73. The Morgan fingerprint density at radius 3 is 2.60 bits per heavy atom. The van der Waals surface area contributed by atoms with E-state index in [1.54, 1.807) is 0 Å². The fourth-order valence-electron chi connectivity index (χ4n) is 3.61. The van der Waals surface area contributed by atoms with E-state index in [0.717, 1.165) is 22.8 Å². The molecule has 4 nitrogen and oxygen atoms in total. The average molecular weight is 338 g/mol. The summed E-state index contributed by atoms with van der Waals surface area (Å²) in [7, 11) is 0. The molecule has 0 unspecified atom stereocenters. The molecule has 2 aromatic carbocycles. The molecule has 3 aromatic rings. The molecule has 0 radical (unpaired) electrons. The number of anilines is 1. The van der Waals surface area contributed by atoms with Crippen LogP contribution < -0.4 is 4.90 Å². The number of aromatic amines is 1. The number of hydrogen-bond donors (Lipinski definition) is 1. The van der Waals surface area contributed by atoms with Crippen molar-refractivity contribution in [2.24, 2.45) is 0 Å². The first-order valence-electron chi connectivity index (χ1n) is 8.18. The third kappa shape index (κ3) is 2.52. The largest absolute Gasteiger partial charge is 0.355 e. The van der Waals surface area contributed by atoms with Gasteiger partial charge in [-0.25, -0.2) is 8.78 Å². The minimum atomic E-state index is -0.930. The van der Waals surface area contributed by atoms with E-state index in [-0.39, 0.29) is 5.56 Å². The average Bonchev–Trinajstić information content (AvgIpc) is 3.06. The van der Waals surface area contributed by atoms with Crippen molar-refractivity contribution in [1.29, 1.82) is 5.26 Å². The van der Waals surface area contributed by atoms with Gasteiger partial charge in [0.2, 0.25) is 0 Å². The van der Waals surface area contributed by atoms with Crippen LogP contribution in [0.2, 0.25) is 0 Å². The zero-order valence-electron chi connectivity index (χ0n) is 13.5. The Bertz CT molecular complexity index is 965. The lowest BCUT2D eigenvalue weighted by Gasteiger charge is -2.38. The maximum absolute atomic E-state index is 14.2. The highest BCUT2D eigenvalue weighted by molar-refractivity contribution is 5.90. The molecule has 0 amide bonds. The number of benzene rings is 2. The van der Waals surface area contributed by atoms with E-state index >= 15 is 0 Å². The molecule has 25 heavy (non-hydrogen) atoms. The molecule has 1 aliphatic rings. The molecule has 0 saturated carbocycles. The Morgan fingerprint density at radius 2 is 1.88 bits per heavy atom. The van der Waals surface area contributed by atoms with Gasteiger partial charge in [-0.05, 0) is 31.0 Å².